The Morgan fingerprint density at radius 1 is 1.24 bits per heavy atom. The normalized spacial score (nSPS) is 13.7. The van der Waals surface area contributed by atoms with Crippen LogP contribution in [0.25, 0.3) is 11.4 Å². The minimum absolute atomic E-state index is 0.0200. The number of hydrogen-bond donors (Lipinski definition) is 1. The molecule has 0 atom stereocenters. The standard InChI is InChI=1S/C14H14N2O/c17-9-11-8-10-4-3-6-12(10)16-14(11)13-5-1-2-7-15-13/h1-2,5,7-8,17H,3-4,6,9H2. The monoisotopic (exact) mass is 226 g/mol. The van der Waals surface area contributed by atoms with Gasteiger partial charge in [0.05, 0.1) is 18.0 Å². The Morgan fingerprint density at radius 3 is 2.94 bits per heavy atom. The molecule has 3 rings (SSSR count). The molecule has 0 radical (unpaired) electrons. The first kappa shape index (κ1) is 10.4. The molecule has 0 aliphatic heterocycles. The maximum absolute atomic E-state index is 9.44. The third-order valence-electron chi connectivity index (χ3n) is 3.21. The van der Waals surface area contributed by atoms with E-state index >= 15 is 0 Å². The van der Waals surface area contributed by atoms with E-state index in [1.54, 1.807) is 6.20 Å². The van der Waals surface area contributed by atoms with Crippen LogP contribution in [0.1, 0.15) is 23.2 Å². The molecule has 0 saturated carbocycles. The summed E-state index contributed by atoms with van der Waals surface area (Å²) in [6.07, 6.45) is 5.04. The van der Waals surface area contributed by atoms with Crippen LogP contribution >= 0.6 is 0 Å². The van der Waals surface area contributed by atoms with Gasteiger partial charge in [0.1, 0.15) is 0 Å². The minimum Gasteiger partial charge on any atom is -0.392 e. The van der Waals surface area contributed by atoms with E-state index in [0.717, 1.165) is 29.8 Å². The molecule has 0 fully saturated rings. The Labute approximate surface area is 100 Å². The number of rotatable bonds is 2. The predicted molar refractivity (Wildman–Crippen MR) is 65.4 cm³/mol. The molecule has 0 unspecified atom stereocenters. The van der Waals surface area contributed by atoms with Crippen molar-refractivity contribution >= 4 is 0 Å². The van der Waals surface area contributed by atoms with Crippen LogP contribution in [0, 0.1) is 0 Å². The third-order valence-corrected chi connectivity index (χ3v) is 3.21. The molecule has 3 nitrogen and oxygen atoms in total. The van der Waals surface area contributed by atoms with E-state index in [0.29, 0.717) is 0 Å². The van der Waals surface area contributed by atoms with Crippen LogP contribution in [0.5, 0.6) is 0 Å². The highest BCUT2D eigenvalue weighted by Gasteiger charge is 2.17. The van der Waals surface area contributed by atoms with Crippen molar-refractivity contribution in [3.8, 4) is 11.4 Å². The first-order valence-corrected chi connectivity index (χ1v) is 5.92. The van der Waals surface area contributed by atoms with Crippen molar-refractivity contribution in [3.63, 3.8) is 0 Å². The van der Waals surface area contributed by atoms with Gasteiger partial charge >= 0.3 is 0 Å². The lowest BCUT2D eigenvalue weighted by Gasteiger charge is -2.09. The average Bonchev–Trinajstić information content (AvgIpc) is 2.85. The van der Waals surface area contributed by atoms with Crippen molar-refractivity contribution in [2.24, 2.45) is 0 Å². The van der Waals surface area contributed by atoms with Crippen LogP contribution in [0.3, 0.4) is 0 Å². The molecule has 2 heterocycles. The van der Waals surface area contributed by atoms with Gasteiger partial charge in [-0.15, -0.1) is 0 Å². The number of pyridine rings is 2. The van der Waals surface area contributed by atoms with Gasteiger partial charge in [-0.05, 0) is 43.0 Å². The number of aromatic nitrogens is 2. The second-order valence-electron chi connectivity index (χ2n) is 4.33. The lowest BCUT2D eigenvalue weighted by Crippen LogP contribution is -1.99. The summed E-state index contributed by atoms with van der Waals surface area (Å²) >= 11 is 0. The molecular formula is C14H14N2O. The van der Waals surface area contributed by atoms with Crippen LogP contribution in [0.2, 0.25) is 0 Å². The van der Waals surface area contributed by atoms with E-state index in [1.807, 2.05) is 18.2 Å². The minimum atomic E-state index is 0.0200. The van der Waals surface area contributed by atoms with Gasteiger partial charge in [-0.25, -0.2) is 0 Å². The molecule has 0 bridgehead atoms. The first-order chi connectivity index (χ1) is 8.38. The molecule has 0 saturated heterocycles. The van der Waals surface area contributed by atoms with Crippen molar-refractivity contribution in [1.82, 2.24) is 9.97 Å². The zero-order valence-corrected chi connectivity index (χ0v) is 9.56. The molecule has 2 aromatic rings. The van der Waals surface area contributed by atoms with Crippen molar-refractivity contribution in [2.45, 2.75) is 25.9 Å². The lowest BCUT2D eigenvalue weighted by atomic mass is 10.1. The summed E-state index contributed by atoms with van der Waals surface area (Å²) in [4.78, 5) is 8.98. The highest BCUT2D eigenvalue weighted by Crippen LogP contribution is 2.27. The largest absolute Gasteiger partial charge is 0.392 e. The Bertz CT molecular complexity index is 537. The Hall–Kier alpha value is -1.74. The maximum Gasteiger partial charge on any atom is 0.0944 e. The quantitative estimate of drug-likeness (QED) is 0.853. The highest BCUT2D eigenvalue weighted by atomic mass is 16.3. The first-order valence-electron chi connectivity index (χ1n) is 5.92. The molecule has 2 aromatic heterocycles. The van der Waals surface area contributed by atoms with Crippen molar-refractivity contribution in [1.29, 1.82) is 0 Å². The zero-order valence-electron chi connectivity index (χ0n) is 9.56. The SMILES string of the molecule is OCc1cc2c(nc1-c1ccccn1)CCC2. The fourth-order valence-corrected chi connectivity index (χ4v) is 2.36. The molecule has 0 spiro atoms. The second kappa shape index (κ2) is 4.26. The molecule has 86 valence electrons. The predicted octanol–water partition coefficient (Wildman–Crippen LogP) is 2.12. The fraction of sp³-hybridized carbons (Fsp3) is 0.286. The summed E-state index contributed by atoms with van der Waals surface area (Å²) in [6, 6.07) is 7.84. The number of fused-ring (bicyclic) bond motifs is 1. The van der Waals surface area contributed by atoms with E-state index in [9.17, 15) is 5.11 Å². The Balaban J connectivity index is 2.16. The average molecular weight is 226 g/mol. The number of nitrogens with zero attached hydrogens (tertiary/aromatic N) is 2. The van der Waals surface area contributed by atoms with Gasteiger partial charge in [0.25, 0.3) is 0 Å². The number of aliphatic hydroxyl groups excluding tert-OH is 1. The van der Waals surface area contributed by atoms with E-state index in [4.69, 9.17) is 0 Å². The topological polar surface area (TPSA) is 46.0 Å². The Kier molecular flexibility index (Phi) is 2.61. The van der Waals surface area contributed by atoms with Crippen molar-refractivity contribution < 1.29 is 5.11 Å². The van der Waals surface area contributed by atoms with Crippen LogP contribution in [0.4, 0.5) is 0 Å². The molecule has 3 heteroatoms. The van der Waals surface area contributed by atoms with Crippen LogP contribution in [-0.2, 0) is 19.4 Å². The summed E-state index contributed by atoms with van der Waals surface area (Å²) < 4.78 is 0. The zero-order chi connectivity index (χ0) is 11.7. The molecule has 1 aliphatic rings. The summed E-state index contributed by atoms with van der Waals surface area (Å²) in [5.74, 6) is 0. The van der Waals surface area contributed by atoms with Gasteiger partial charge in [-0.1, -0.05) is 6.07 Å². The van der Waals surface area contributed by atoms with Gasteiger partial charge in [0.15, 0.2) is 0 Å². The second-order valence-corrected chi connectivity index (χ2v) is 4.33. The van der Waals surface area contributed by atoms with Crippen LogP contribution < -0.4 is 0 Å². The fourth-order valence-electron chi connectivity index (χ4n) is 2.36. The number of aliphatic hydroxyl groups is 1. The number of aryl methyl sites for hydroxylation is 2. The molecule has 0 aromatic carbocycles. The van der Waals surface area contributed by atoms with Crippen LogP contribution in [-0.4, -0.2) is 15.1 Å². The molecular weight excluding hydrogens is 212 g/mol. The summed E-state index contributed by atoms with van der Waals surface area (Å²) in [5, 5.41) is 9.44. The summed E-state index contributed by atoms with van der Waals surface area (Å²) in [6.45, 7) is 0.0200. The smallest absolute Gasteiger partial charge is 0.0944 e. The maximum atomic E-state index is 9.44. The van der Waals surface area contributed by atoms with Gasteiger partial charge < -0.3 is 5.11 Å². The van der Waals surface area contributed by atoms with E-state index < -0.39 is 0 Å². The molecule has 17 heavy (non-hydrogen) atoms. The lowest BCUT2D eigenvalue weighted by molar-refractivity contribution is 0.282. The molecule has 0 amide bonds. The van der Waals surface area contributed by atoms with Gasteiger partial charge in [0.2, 0.25) is 0 Å². The third kappa shape index (κ3) is 1.83. The van der Waals surface area contributed by atoms with Gasteiger partial charge in [0, 0.05) is 17.5 Å². The van der Waals surface area contributed by atoms with E-state index in [2.05, 4.69) is 16.0 Å². The Morgan fingerprint density at radius 2 is 2.18 bits per heavy atom. The number of hydrogen-bond acceptors (Lipinski definition) is 3. The van der Waals surface area contributed by atoms with Gasteiger partial charge in [-0.2, -0.15) is 0 Å². The van der Waals surface area contributed by atoms with Crippen molar-refractivity contribution in [2.75, 3.05) is 0 Å². The summed E-state index contributed by atoms with van der Waals surface area (Å²) in [5.41, 5.74) is 5.00. The van der Waals surface area contributed by atoms with Crippen LogP contribution in [0.15, 0.2) is 30.5 Å². The van der Waals surface area contributed by atoms with E-state index in [1.165, 1.54) is 17.7 Å². The van der Waals surface area contributed by atoms with Gasteiger partial charge in [-0.3, -0.25) is 9.97 Å². The van der Waals surface area contributed by atoms with Crippen molar-refractivity contribution in [3.05, 3.63) is 47.3 Å². The molecule has 1 N–H and O–H groups in total. The molecule has 1 aliphatic carbocycles. The summed E-state index contributed by atoms with van der Waals surface area (Å²) in [7, 11) is 0. The van der Waals surface area contributed by atoms with E-state index in [-0.39, 0.29) is 6.61 Å². The highest BCUT2D eigenvalue weighted by molar-refractivity contribution is 5.60.